The van der Waals surface area contributed by atoms with E-state index < -0.39 is 0 Å². The van der Waals surface area contributed by atoms with Gasteiger partial charge in [-0.1, -0.05) is 33.6 Å². The van der Waals surface area contributed by atoms with Crippen molar-refractivity contribution in [1.82, 2.24) is 0 Å². The topological polar surface area (TPSA) is 18.5 Å². The Kier molecular flexibility index (Phi) is 8.20. The number of unbranched alkanes of at least 4 members (excludes halogenated alkanes) is 1. The predicted octanol–water partition coefficient (Wildman–Crippen LogP) is 3.26. The molecule has 0 radical (unpaired) electrons. The molecule has 0 bridgehead atoms. The first-order valence-corrected chi connectivity index (χ1v) is 5.69. The second kappa shape index (κ2) is 8.25. The van der Waals surface area contributed by atoms with Gasteiger partial charge in [0.05, 0.1) is 13.2 Å². The molecule has 2 heteroatoms. The van der Waals surface area contributed by atoms with Crippen molar-refractivity contribution in [3.8, 4) is 0 Å². The van der Waals surface area contributed by atoms with Crippen molar-refractivity contribution in [3.05, 3.63) is 0 Å². The monoisotopic (exact) mass is 202 g/mol. The first-order valence-electron chi connectivity index (χ1n) is 5.69. The van der Waals surface area contributed by atoms with Crippen molar-refractivity contribution in [2.75, 3.05) is 26.9 Å². The highest BCUT2D eigenvalue weighted by Gasteiger charge is 2.16. The standard InChI is InChI=1S/C12H26O2/c1-5-6-7-12(2,3)8-9-14-11-10-13-4/h5-11H2,1-4H3. The molecule has 2 nitrogen and oxygen atoms in total. The Labute approximate surface area is 89.0 Å². The van der Waals surface area contributed by atoms with Gasteiger partial charge < -0.3 is 9.47 Å². The maximum absolute atomic E-state index is 5.46. The molecule has 0 unspecified atom stereocenters. The van der Waals surface area contributed by atoms with Gasteiger partial charge >= 0.3 is 0 Å². The second-order valence-corrected chi connectivity index (χ2v) is 4.62. The van der Waals surface area contributed by atoms with Gasteiger partial charge in [-0.15, -0.1) is 0 Å². The SMILES string of the molecule is CCCCC(C)(C)CCOCCOC. The summed E-state index contributed by atoms with van der Waals surface area (Å²) in [4.78, 5) is 0. The maximum atomic E-state index is 5.46. The van der Waals surface area contributed by atoms with E-state index in [-0.39, 0.29) is 0 Å². The molecule has 0 heterocycles. The molecular formula is C12H26O2. The maximum Gasteiger partial charge on any atom is 0.0700 e. The van der Waals surface area contributed by atoms with Gasteiger partial charge in [0, 0.05) is 13.7 Å². The fourth-order valence-electron chi connectivity index (χ4n) is 1.37. The molecule has 0 aromatic rings. The lowest BCUT2D eigenvalue weighted by Gasteiger charge is -2.24. The lowest BCUT2D eigenvalue weighted by molar-refractivity contribution is 0.0544. The highest BCUT2D eigenvalue weighted by molar-refractivity contribution is 4.67. The molecule has 0 saturated carbocycles. The zero-order chi connectivity index (χ0) is 10.9. The minimum Gasteiger partial charge on any atom is -0.382 e. The zero-order valence-corrected chi connectivity index (χ0v) is 10.3. The average molecular weight is 202 g/mol. The van der Waals surface area contributed by atoms with Crippen LogP contribution in [0.5, 0.6) is 0 Å². The Balaban J connectivity index is 3.35. The predicted molar refractivity (Wildman–Crippen MR) is 60.6 cm³/mol. The molecule has 0 rings (SSSR count). The molecule has 0 N–H and O–H groups in total. The van der Waals surface area contributed by atoms with Gasteiger partial charge in [0.15, 0.2) is 0 Å². The van der Waals surface area contributed by atoms with Gasteiger partial charge in [0.2, 0.25) is 0 Å². The van der Waals surface area contributed by atoms with Crippen LogP contribution in [0.25, 0.3) is 0 Å². The van der Waals surface area contributed by atoms with Crippen LogP contribution in [0.3, 0.4) is 0 Å². The van der Waals surface area contributed by atoms with Crippen LogP contribution in [0.1, 0.15) is 46.5 Å². The Morgan fingerprint density at radius 3 is 2.29 bits per heavy atom. The van der Waals surface area contributed by atoms with E-state index in [4.69, 9.17) is 9.47 Å². The summed E-state index contributed by atoms with van der Waals surface area (Å²) in [7, 11) is 1.70. The number of methoxy groups -OCH3 is 1. The van der Waals surface area contributed by atoms with E-state index in [0.29, 0.717) is 12.0 Å². The first kappa shape index (κ1) is 13.9. The second-order valence-electron chi connectivity index (χ2n) is 4.62. The summed E-state index contributed by atoms with van der Waals surface area (Å²) < 4.78 is 10.4. The Bertz CT molecular complexity index is 121. The van der Waals surface area contributed by atoms with Crippen LogP contribution in [0.4, 0.5) is 0 Å². The van der Waals surface area contributed by atoms with Gasteiger partial charge in [0.1, 0.15) is 0 Å². The molecule has 0 amide bonds. The first-order chi connectivity index (χ1) is 6.62. The fourth-order valence-corrected chi connectivity index (χ4v) is 1.37. The third kappa shape index (κ3) is 8.52. The molecule has 0 saturated heterocycles. The number of ether oxygens (including phenoxy) is 2. The minimum absolute atomic E-state index is 0.434. The largest absolute Gasteiger partial charge is 0.382 e. The number of rotatable bonds is 9. The summed E-state index contributed by atoms with van der Waals surface area (Å²) in [6, 6.07) is 0. The van der Waals surface area contributed by atoms with Gasteiger partial charge in [-0.2, -0.15) is 0 Å². The molecule has 0 fully saturated rings. The minimum atomic E-state index is 0.434. The van der Waals surface area contributed by atoms with Crippen molar-refractivity contribution in [2.45, 2.75) is 46.5 Å². The van der Waals surface area contributed by atoms with Crippen LogP contribution in [-0.2, 0) is 9.47 Å². The Morgan fingerprint density at radius 2 is 1.71 bits per heavy atom. The van der Waals surface area contributed by atoms with Gasteiger partial charge in [-0.3, -0.25) is 0 Å². The molecule has 0 aliphatic rings. The van der Waals surface area contributed by atoms with Crippen molar-refractivity contribution in [2.24, 2.45) is 5.41 Å². The van der Waals surface area contributed by atoms with Crippen molar-refractivity contribution >= 4 is 0 Å². The highest BCUT2D eigenvalue weighted by atomic mass is 16.5. The third-order valence-electron chi connectivity index (χ3n) is 2.56. The molecule has 86 valence electrons. The summed E-state index contributed by atoms with van der Waals surface area (Å²) >= 11 is 0. The normalized spacial score (nSPS) is 12.0. The number of hydrogen-bond acceptors (Lipinski definition) is 2. The summed E-state index contributed by atoms with van der Waals surface area (Å²) in [5, 5.41) is 0. The lowest BCUT2D eigenvalue weighted by Crippen LogP contribution is -2.15. The molecule has 0 aliphatic carbocycles. The Morgan fingerprint density at radius 1 is 1.00 bits per heavy atom. The molecule has 0 aromatic carbocycles. The van der Waals surface area contributed by atoms with Crippen LogP contribution in [-0.4, -0.2) is 26.9 Å². The van der Waals surface area contributed by atoms with Gasteiger partial charge in [-0.25, -0.2) is 0 Å². The van der Waals surface area contributed by atoms with E-state index in [9.17, 15) is 0 Å². The molecule has 14 heavy (non-hydrogen) atoms. The Hall–Kier alpha value is -0.0800. The molecular weight excluding hydrogens is 176 g/mol. The van der Waals surface area contributed by atoms with Crippen LogP contribution in [0.2, 0.25) is 0 Å². The molecule has 0 aromatic heterocycles. The van der Waals surface area contributed by atoms with Gasteiger partial charge in [0.25, 0.3) is 0 Å². The molecule has 0 spiro atoms. The van der Waals surface area contributed by atoms with E-state index in [0.717, 1.165) is 19.6 Å². The van der Waals surface area contributed by atoms with E-state index in [1.165, 1.54) is 19.3 Å². The lowest BCUT2D eigenvalue weighted by atomic mass is 9.84. The summed E-state index contributed by atoms with van der Waals surface area (Å²) in [5.41, 5.74) is 0.434. The van der Waals surface area contributed by atoms with E-state index in [2.05, 4.69) is 20.8 Å². The smallest absolute Gasteiger partial charge is 0.0700 e. The van der Waals surface area contributed by atoms with Crippen LogP contribution < -0.4 is 0 Å². The van der Waals surface area contributed by atoms with E-state index >= 15 is 0 Å². The van der Waals surface area contributed by atoms with Crippen LogP contribution >= 0.6 is 0 Å². The van der Waals surface area contributed by atoms with E-state index in [1.54, 1.807) is 7.11 Å². The summed E-state index contributed by atoms with van der Waals surface area (Å²) in [5.74, 6) is 0. The molecule has 0 atom stereocenters. The number of hydrogen-bond donors (Lipinski definition) is 0. The van der Waals surface area contributed by atoms with Crippen molar-refractivity contribution < 1.29 is 9.47 Å². The third-order valence-corrected chi connectivity index (χ3v) is 2.56. The summed E-state index contributed by atoms with van der Waals surface area (Å²) in [6.07, 6.45) is 5.06. The van der Waals surface area contributed by atoms with Crippen molar-refractivity contribution in [3.63, 3.8) is 0 Å². The zero-order valence-electron chi connectivity index (χ0n) is 10.3. The van der Waals surface area contributed by atoms with Crippen LogP contribution in [0, 0.1) is 5.41 Å². The van der Waals surface area contributed by atoms with Gasteiger partial charge in [-0.05, 0) is 18.3 Å². The fraction of sp³-hybridized carbons (Fsp3) is 1.00. The molecule has 0 aliphatic heterocycles. The average Bonchev–Trinajstić information content (AvgIpc) is 2.15. The van der Waals surface area contributed by atoms with E-state index in [1.807, 2.05) is 0 Å². The van der Waals surface area contributed by atoms with Crippen molar-refractivity contribution in [1.29, 1.82) is 0 Å². The quantitative estimate of drug-likeness (QED) is 0.534. The summed E-state index contributed by atoms with van der Waals surface area (Å²) in [6.45, 7) is 9.17. The highest BCUT2D eigenvalue weighted by Crippen LogP contribution is 2.27. The van der Waals surface area contributed by atoms with Crippen LogP contribution in [0.15, 0.2) is 0 Å².